The normalized spacial score (nSPS) is 16.1. The Labute approximate surface area is 205 Å². The van der Waals surface area contributed by atoms with Crippen molar-refractivity contribution in [3.8, 4) is 11.7 Å². The number of aromatic nitrogens is 4. The zero-order chi connectivity index (χ0) is 25.1. The van der Waals surface area contributed by atoms with E-state index in [1.54, 1.807) is 28.9 Å². The van der Waals surface area contributed by atoms with Gasteiger partial charge in [-0.15, -0.1) is 0 Å². The molecule has 180 valence electrons. The number of allylic oxidation sites excluding steroid dienone is 1. The van der Waals surface area contributed by atoms with Crippen molar-refractivity contribution >= 4 is 17.3 Å². The minimum atomic E-state index is -3.01. The number of para-hydroxylation sites is 1. The standard InChI is InChI=1S/C27H21F2N5O2/c1-13-12-14(2)31-27(30-13)34-25-20(15(3)33-34)21(18-10-6-7-11-19(18)36-26(28)29)22-23(32-25)16-8-4-5-9-17(16)24(22)35/h4-12,21,26,32H,1-3H3/t21-/m0/s1. The number of halogens is 2. The van der Waals surface area contributed by atoms with Gasteiger partial charge in [-0.05, 0) is 32.9 Å². The van der Waals surface area contributed by atoms with Crippen LogP contribution in [0.1, 0.15) is 50.0 Å². The van der Waals surface area contributed by atoms with E-state index in [1.165, 1.54) is 6.07 Å². The highest BCUT2D eigenvalue weighted by Crippen LogP contribution is 2.52. The first kappa shape index (κ1) is 22.1. The predicted molar refractivity (Wildman–Crippen MR) is 130 cm³/mol. The van der Waals surface area contributed by atoms with Gasteiger partial charge in [0.2, 0.25) is 0 Å². The molecule has 1 N–H and O–H groups in total. The monoisotopic (exact) mass is 485 g/mol. The predicted octanol–water partition coefficient (Wildman–Crippen LogP) is 5.35. The Morgan fingerprint density at radius 1 is 0.972 bits per heavy atom. The number of hydrogen-bond donors (Lipinski definition) is 1. The van der Waals surface area contributed by atoms with E-state index >= 15 is 0 Å². The fraction of sp³-hybridized carbons (Fsp3) is 0.185. The molecular weight excluding hydrogens is 464 g/mol. The van der Waals surface area contributed by atoms with Gasteiger partial charge in [0.1, 0.15) is 11.6 Å². The third-order valence-corrected chi connectivity index (χ3v) is 6.49. The smallest absolute Gasteiger partial charge is 0.387 e. The lowest BCUT2D eigenvalue weighted by Crippen LogP contribution is -2.21. The van der Waals surface area contributed by atoms with Crippen LogP contribution in [0.15, 0.2) is 60.2 Å². The van der Waals surface area contributed by atoms with Crippen LogP contribution in [0.3, 0.4) is 0 Å². The largest absolute Gasteiger partial charge is 0.435 e. The number of nitrogens with one attached hydrogen (secondary N) is 1. The first-order chi connectivity index (χ1) is 17.3. The van der Waals surface area contributed by atoms with E-state index in [1.807, 2.05) is 45.0 Å². The first-order valence-electron chi connectivity index (χ1n) is 11.4. The van der Waals surface area contributed by atoms with Crippen LogP contribution in [0.25, 0.3) is 11.6 Å². The molecule has 0 bridgehead atoms. The Hall–Kier alpha value is -4.40. The highest BCUT2D eigenvalue weighted by atomic mass is 19.3. The maximum atomic E-state index is 13.7. The summed E-state index contributed by atoms with van der Waals surface area (Å²) in [5.41, 5.74) is 5.70. The second kappa shape index (κ2) is 8.08. The molecule has 1 aliphatic carbocycles. The SMILES string of the molecule is Cc1cc(C)nc(-n2nc(C)c3c2NC2=C(C(=O)c4ccccc42)[C@H]3c2ccccc2OC(F)F)n1. The number of carbonyl (C=O) groups excluding carboxylic acids is 1. The number of carbonyl (C=O) groups is 1. The number of anilines is 1. The highest BCUT2D eigenvalue weighted by Gasteiger charge is 2.44. The molecule has 36 heavy (non-hydrogen) atoms. The van der Waals surface area contributed by atoms with Crippen molar-refractivity contribution in [3.05, 3.63) is 99.5 Å². The molecule has 1 aliphatic heterocycles. The topological polar surface area (TPSA) is 81.9 Å². The van der Waals surface area contributed by atoms with Gasteiger partial charge in [-0.25, -0.2) is 9.97 Å². The molecule has 0 fully saturated rings. The van der Waals surface area contributed by atoms with Crippen LogP contribution in [0.4, 0.5) is 14.6 Å². The molecule has 0 saturated carbocycles. The second-order valence-electron chi connectivity index (χ2n) is 8.85. The Morgan fingerprint density at radius 2 is 1.64 bits per heavy atom. The molecule has 4 aromatic rings. The molecular formula is C27H21F2N5O2. The van der Waals surface area contributed by atoms with Gasteiger partial charge in [0.05, 0.1) is 11.4 Å². The summed E-state index contributed by atoms with van der Waals surface area (Å²) in [7, 11) is 0. The number of alkyl halides is 2. The number of benzene rings is 2. The minimum Gasteiger partial charge on any atom is -0.435 e. The Morgan fingerprint density at radius 3 is 2.36 bits per heavy atom. The number of nitrogens with zero attached hydrogens (tertiary/aromatic N) is 4. The maximum absolute atomic E-state index is 13.7. The van der Waals surface area contributed by atoms with Crippen LogP contribution in [0.2, 0.25) is 0 Å². The number of ether oxygens (including phenoxy) is 1. The van der Waals surface area contributed by atoms with Gasteiger partial charge in [0, 0.05) is 45.1 Å². The molecule has 0 amide bonds. The van der Waals surface area contributed by atoms with Gasteiger partial charge in [0.15, 0.2) is 5.78 Å². The van der Waals surface area contributed by atoms with E-state index < -0.39 is 12.5 Å². The quantitative estimate of drug-likeness (QED) is 0.420. The van der Waals surface area contributed by atoms with Gasteiger partial charge in [-0.1, -0.05) is 42.5 Å². The van der Waals surface area contributed by atoms with Crippen molar-refractivity contribution in [2.75, 3.05) is 5.32 Å². The number of Topliss-reactive ketones (excluding diaryl/α,β-unsaturated/α-hetero) is 1. The average molecular weight is 485 g/mol. The van der Waals surface area contributed by atoms with Crippen LogP contribution >= 0.6 is 0 Å². The van der Waals surface area contributed by atoms with Crippen LogP contribution < -0.4 is 10.1 Å². The van der Waals surface area contributed by atoms with E-state index in [2.05, 4.69) is 15.3 Å². The van der Waals surface area contributed by atoms with E-state index in [0.717, 1.165) is 17.0 Å². The van der Waals surface area contributed by atoms with Gasteiger partial charge < -0.3 is 10.1 Å². The summed E-state index contributed by atoms with van der Waals surface area (Å²) in [4.78, 5) is 22.8. The summed E-state index contributed by atoms with van der Waals surface area (Å²) in [5.74, 6) is 0.117. The fourth-order valence-corrected chi connectivity index (χ4v) is 5.16. The molecule has 7 nitrogen and oxygen atoms in total. The third-order valence-electron chi connectivity index (χ3n) is 6.49. The molecule has 2 aromatic carbocycles. The zero-order valence-corrected chi connectivity index (χ0v) is 19.7. The van der Waals surface area contributed by atoms with Gasteiger partial charge in [-0.3, -0.25) is 4.79 Å². The molecule has 0 unspecified atom stereocenters. The van der Waals surface area contributed by atoms with Crippen molar-refractivity contribution in [1.29, 1.82) is 0 Å². The zero-order valence-electron chi connectivity index (χ0n) is 19.7. The van der Waals surface area contributed by atoms with Crippen molar-refractivity contribution in [3.63, 3.8) is 0 Å². The summed E-state index contributed by atoms with van der Waals surface area (Å²) in [6.07, 6.45) is 0. The van der Waals surface area contributed by atoms with Gasteiger partial charge in [-0.2, -0.15) is 18.6 Å². The Balaban J connectivity index is 1.64. The molecule has 6 rings (SSSR count). The lowest BCUT2D eigenvalue weighted by molar-refractivity contribution is -0.0504. The number of rotatable bonds is 4. The van der Waals surface area contributed by atoms with Crippen molar-refractivity contribution in [2.45, 2.75) is 33.3 Å². The molecule has 2 aliphatic rings. The maximum Gasteiger partial charge on any atom is 0.387 e. The van der Waals surface area contributed by atoms with E-state index in [-0.39, 0.29) is 11.5 Å². The lowest BCUT2D eigenvalue weighted by Gasteiger charge is -2.28. The van der Waals surface area contributed by atoms with Gasteiger partial charge in [0.25, 0.3) is 5.95 Å². The summed E-state index contributed by atoms with van der Waals surface area (Å²) in [6, 6.07) is 15.7. The van der Waals surface area contributed by atoms with Crippen LogP contribution in [0.5, 0.6) is 5.75 Å². The summed E-state index contributed by atoms with van der Waals surface area (Å²) < 4.78 is 33.2. The van der Waals surface area contributed by atoms with Crippen molar-refractivity contribution in [1.82, 2.24) is 19.7 Å². The highest BCUT2D eigenvalue weighted by molar-refractivity contribution is 6.24. The van der Waals surface area contributed by atoms with E-state index in [9.17, 15) is 13.6 Å². The summed E-state index contributed by atoms with van der Waals surface area (Å²) in [5, 5.41) is 8.14. The minimum absolute atomic E-state index is 0.00996. The molecule has 0 saturated heterocycles. The molecule has 0 spiro atoms. The number of aryl methyl sites for hydroxylation is 3. The van der Waals surface area contributed by atoms with Crippen LogP contribution in [-0.2, 0) is 0 Å². The Bertz CT molecular complexity index is 1570. The van der Waals surface area contributed by atoms with E-state index in [4.69, 9.17) is 9.84 Å². The summed E-state index contributed by atoms with van der Waals surface area (Å²) in [6.45, 7) is 2.56. The number of hydrogen-bond acceptors (Lipinski definition) is 6. The number of ketones is 1. The number of fused-ring (bicyclic) bond motifs is 3. The molecule has 3 heterocycles. The van der Waals surface area contributed by atoms with Crippen LogP contribution in [-0.4, -0.2) is 32.1 Å². The summed E-state index contributed by atoms with van der Waals surface area (Å²) >= 11 is 0. The lowest BCUT2D eigenvalue weighted by atomic mass is 9.80. The van der Waals surface area contributed by atoms with Crippen LogP contribution in [0, 0.1) is 20.8 Å². The molecule has 2 aromatic heterocycles. The van der Waals surface area contributed by atoms with Crippen molar-refractivity contribution < 1.29 is 18.3 Å². The average Bonchev–Trinajstić information content (AvgIpc) is 3.32. The second-order valence-corrected chi connectivity index (χ2v) is 8.85. The first-order valence-corrected chi connectivity index (χ1v) is 11.4. The molecule has 0 radical (unpaired) electrons. The van der Waals surface area contributed by atoms with Gasteiger partial charge >= 0.3 is 6.61 Å². The Kier molecular flexibility index (Phi) is 4.96. The third kappa shape index (κ3) is 3.30. The van der Waals surface area contributed by atoms with E-state index in [0.29, 0.717) is 45.4 Å². The fourth-order valence-electron chi connectivity index (χ4n) is 5.16. The molecule has 9 heteroatoms. The molecule has 1 atom stereocenters. The van der Waals surface area contributed by atoms with Crippen molar-refractivity contribution in [2.24, 2.45) is 0 Å².